The first-order chi connectivity index (χ1) is 12.5. The number of pyridine rings is 1. The molecule has 0 bridgehead atoms. The van der Waals surface area contributed by atoms with Gasteiger partial charge in [-0.05, 0) is 32.2 Å². The van der Waals surface area contributed by atoms with Gasteiger partial charge < -0.3 is 14.2 Å². The Kier molecular flexibility index (Phi) is 9.02. The smallest absolute Gasteiger partial charge is 0.356 e. The van der Waals surface area contributed by atoms with Crippen LogP contribution in [-0.2, 0) is 19.1 Å². The molecule has 0 saturated carbocycles. The lowest BCUT2D eigenvalue weighted by Gasteiger charge is -2.05. The summed E-state index contributed by atoms with van der Waals surface area (Å²) in [5, 5.41) is 0. The highest BCUT2D eigenvalue weighted by Gasteiger charge is 2.10. The van der Waals surface area contributed by atoms with E-state index >= 15 is 0 Å². The number of methoxy groups -OCH3 is 1. The molecule has 0 fully saturated rings. The Morgan fingerprint density at radius 3 is 2.73 bits per heavy atom. The van der Waals surface area contributed by atoms with Crippen molar-refractivity contribution in [3.05, 3.63) is 41.9 Å². The highest BCUT2D eigenvalue weighted by Crippen LogP contribution is 2.14. The topological polar surface area (TPSA) is 99.4 Å². The van der Waals surface area contributed by atoms with Crippen molar-refractivity contribution in [3.63, 3.8) is 0 Å². The summed E-state index contributed by atoms with van der Waals surface area (Å²) in [4.78, 5) is 34.5. The number of carbonyl (C=O) groups is 2. The quantitative estimate of drug-likeness (QED) is 0.321. The second-order valence-corrected chi connectivity index (χ2v) is 4.69. The van der Waals surface area contributed by atoms with Gasteiger partial charge in [-0.2, -0.15) is 4.99 Å². The molecular formula is C18H21N3O5. The van der Waals surface area contributed by atoms with E-state index < -0.39 is 5.97 Å². The Morgan fingerprint density at radius 2 is 2.12 bits per heavy atom. The lowest BCUT2D eigenvalue weighted by Crippen LogP contribution is -2.10. The number of rotatable bonds is 7. The summed E-state index contributed by atoms with van der Waals surface area (Å²) in [5.41, 5.74) is 0.739. The molecule has 1 rings (SSSR count). The van der Waals surface area contributed by atoms with Crippen LogP contribution in [0.15, 0.2) is 46.3 Å². The molecule has 0 radical (unpaired) electrons. The van der Waals surface area contributed by atoms with E-state index in [9.17, 15) is 9.59 Å². The Hall–Kier alpha value is -3.29. The summed E-state index contributed by atoms with van der Waals surface area (Å²) in [7, 11) is 1.25. The van der Waals surface area contributed by atoms with Crippen LogP contribution >= 0.6 is 0 Å². The molecule has 8 heteroatoms. The van der Waals surface area contributed by atoms with Crippen LogP contribution in [0.4, 0.5) is 0 Å². The molecule has 26 heavy (non-hydrogen) atoms. The van der Waals surface area contributed by atoms with Gasteiger partial charge in [0.05, 0.1) is 26.3 Å². The van der Waals surface area contributed by atoms with Crippen molar-refractivity contribution < 1.29 is 23.8 Å². The van der Waals surface area contributed by atoms with Crippen molar-refractivity contribution in [2.75, 3.05) is 13.7 Å². The van der Waals surface area contributed by atoms with Gasteiger partial charge in [0.1, 0.15) is 11.4 Å². The maximum Gasteiger partial charge on any atom is 0.356 e. The van der Waals surface area contributed by atoms with Crippen LogP contribution < -0.4 is 4.74 Å². The first-order valence-corrected chi connectivity index (χ1v) is 7.79. The number of ether oxygens (including phenoxy) is 3. The van der Waals surface area contributed by atoms with Crippen molar-refractivity contribution >= 4 is 30.8 Å². The normalized spacial score (nSPS) is 12.0. The summed E-state index contributed by atoms with van der Waals surface area (Å²) in [5.74, 6) is -0.586. The number of amidine groups is 1. The molecule has 0 N–H and O–H groups in total. The van der Waals surface area contributed by atoms with Crippen LogP contribution in [0, 0.1) is 0 Å². The minimum absolute atomic E-state index is 0.0355. The van der Waals surface area contributed by atoms with Gasteiger partial charge in [0, 0.05) is 6.20 Å². The molecule has 138 valence electrons. The molecule has 0 spiro atoms. The highest BCUT2D eigenvalue weighted by molar-refractivity contribution is 5.92. The van der Waals surface area contributed by atoms with E-state index in [2.05, 4.69) is 26.4 Å². The third-order valence-electron chi connectivity index (χ3n) is 2.86. The molecule has 0 aliphatic carbocycles. The fourth-order valence-corrected chi connectivity index (χ4v) is 1.73. The standard InChI is InChI=1S/C18H21N3O5/c1-5-15(17(23)24-4)21-18(19-3)26-14-10-13(11-20-12-14)8-7-9-16(22)25-6-2/h5,7-8,10-12H,3,6,9H2,1-2,4H3/b8-7+,15-5-,21-18+. The number of carbonyl (C=O) groups excluding carboxylic acids is 2. The van der Waals surface area contributed by atoms with Gasteiger partial charge in [-0.3, -0.25) is 9.78 Å². The average Bonchev–Trinajstić information content (AvgIpc) is 2.65. The second kappa shape index (κ2) is 11.3. The van der Waals surface area contributed by atoms with Crippen LogP contribution in [0.2, 0.25) is 0 Å². The third kappa shape index (κ3) is 7.08. The fourth-order valence-electron chi connectivity index (χ4n) is 1.73. The molecule has 8 nitrogen and oxygen atoms in total. The number of nitrogens with zero attached hydrogens (tertiary/aromatic N) is 3. The summed E-state index contributed by atoms with van der Waals surface area (Å²) in [6, 6.07) is 1.54. The van der Waals surface area contributed by atoms with Crippen LogP contribution in [0.25, 0.3) is 6.08 Å². The molecule has 0 aliphatic rings. The van der Waals surface area contributed by atoms with Gasteiger partial charge in [0.2, 0.25) is 0 Å². The van der Waals surface area contributed by atoms with Crippen LogP contribution in [0.1, 0.15) is 25.8 Å². The Morgan fingerprint density at radius 1 is 1.35 bits per heavy atom. The van der Waals surface area contributed by atoms with E-state index in [4.69, 9.17) is 9.47 Å². The number of esters is 2. The summed E-state index contributed by atoms with van der Waals surface area (Å²) >= 11 is 0. The Labute approximate surface area is 151 Å². The van der Waals surface area contributed by atoms with Gasteiger partial charge in [-0.1, -0.05) is 18.2 Å². The first kappa shape index (κ1) is 20.8. The molecule has 1 heterocycles. The number of allylic oxidation sites excluding steroid dienone is 1. The molecule has 0 unspecified atom stereocenters. The molecule has 0 aromatic carbocycles. The van der Waals surface area contributed by atoms with E-state index in [0.717, 1.165) is 0 Å². The fraction of sp³-hybridized carbons (Fsp3) is 0.278. The van der Waals surface area contributed by atoms with E-state index in [-0.39, 0.29) is 24.1 Å². The van der Waals surface area contributed by atoms with Crippen molar-refractivity contribution in [1.82, 2.24) is 4.98 Å². The summed E-state index contributed by atoms with van der Waals surface area (Å²) in [6.45, 7) is 7.09. The van der Waals surface area contributed by atoms with Gasteiger partial charge >= 0.3 is 18.0 Å². The predicted octanol–water partition coefficient (Wildman–Crippen LogP) is 2.56. The zero-order chi connectivity index (χ0) is 19.4. The lowest BCUT2D eigenvalue weighted by atomic mass is 10.2. The van der Waals surface area contributed by atoms with Crippen LogP contribution in [0.5, 0.6) is 5.75 Å². The van der Waals surface area contributed by atoms with Gasteiger partial charge in [0.25, 0.3) is 0 Å². The highest BCUT2D eigenvalue weighted by atomic mass is 16.5. The third-order valence-corrected chi connectivity index (χ3v) is 2.86. The van der Waals surface area contributed by atoms with Crippen molar-refractivity contribution in [1.29, 1.82) is 0 Å². The predicted molar refractivity (Wildman–Crippen MR) is 97.9 cm³/mol. The Balaban J connectivity index is 2.86. The average molecular weight is 359 g/mol. The lowest BCUT2D eigenvalue weighted by molar-refractivity contribution is -0.142. The molecule has 0 saturated heterocycles. The largest absolute Gasteiger partial charge is 0.466 e. The summed E-state index contributed by atoms with van der Waals surface area (Å²) in [6.07, 6.45) is 8.04. The Bertz CT molecular complexity index is 738. The molecular weight excluding hydrogens is 338 g/mol. The maximum absolute atomic E-state index is 11.5. The zero-order valence-electron chi connectivity index (χ0n) is 15.0. The minimum atomic E-state index is -0.619. The van der Waals surface area contributed by atoms with Gasteiger partial charge in [-0.25, -0.2) is 9.79 Å². The van der Waals surface area contributed by atoms with E-state index in [1.165, 1.54) is 19.4 Å². The molecule has 0 amide bonds. The van der Waals surface area contributed by atoms with Gasteiger partial charge in [0.15, 0.2) is 0 Å². The molecule has 1 aromatic heterocycles. The monoisotopic (exact) mass is 359 g/mol. The SMILES string of the molecule is C=N/C(=N\C(=C/C)C(=O)OC)Oc1cncc(/C=C/CC(=O)OCC)c1. The van der Waals surface area contributed by atoms with E-state index in [0.29, 0.717) is 17.9 Å². The molecule has 0 atom stereocenters. The molecule has 1 aromatic rings. The van der Waals surface area contributed by atoms with E-state index in [1.54, 1.807) is 38.3 Å². The van der Waals surface area contributed by atoms with Crippen molar-refractivity contribution in [2.24, 2.45) is 9.98 Å². The van der Waals surface area contributed by atoms with Crippen molar-refractivity contribution in [2.45, 2.75) is 20.3 Å². The maximum atomic E-state index is 11.5. The minimum Gasteiger partial charge on any atom is -0.466 e. The van der Waals surface area contributed by atoms with Crippen LogP contribution in [0.3, 0.4) is 0 Å². The number of aromatic nitrogens is 1. The van der Waals surface area contributed by atoms with Crippen molar-refractivity contribution in [3.8, 4) is 5.75 Å². The number of aliphatic imine (C=N–C) groups is 2. The summed E-state index contributed by atoms with van der Waals surface area (Å²) < 4.78 is 14.9. The van der Waals surface area contributed by atoms with Gasteiger partial charge in [-0.15, -0.1) is 0 Å². The molecule has 0 aliphatic heterocycles. The zero-order valence-corrected chi connectivity index (χ0v) is 15.0. The number of hydrogen-bond acceptors (Lipinski definition) is 7. The van der Waals surface area contributed by atoms with Crippen LogP contribution in [-0.4, -0.2) is 43.4 Å². The number of hydrogen-bond donors (Lipinski definition) is 0. The van der Waals surface area contributed by atoms with E-state index in [1.807, 2.05) is 0 Å². The first-order valence-electron chi connectivity index (χ1n) is 7.79. The second-order valence-electron chi connectivity index (χ2n) is 4.69.